The van der Waals surface area contributed by atoms with E-state index < -0.39 is 18.5 Å². The lowest BCUT2D eigenvalue weighted by molar-refractivity contribution is -0.140. The average Bonchev–Trinajstić information content (AvgIpc) is 2.55. The van der Waals surface area contributed by atoms with E-state index in [1.54, 1.807) is 17.0 Å². The molecule has 0 aliphatic heterocycles. The largest absolute Gasteiger partial charge is 0.452 e. The van der Waals surface area contributed by atoms with E-state index in [4.69, 9.17) is 10.5 Å². The van der Waals surface area contributed by atoms with Gasteiger partial charge in [0.15, 0.2) is 6.61 Å². The molecule has 0 fully saturated rings. The molecule has 132 valence electrons. The molecule has 0 saturated heterocycles. The van der Waals surface area contributed by atoms with Crippen LogP contribution >= 0.6 is 15.9 Å². The Morgan fingerprint density at radius 3 is 2.38 bits per heavy atom. The minimum absolute atomic E-state index is 0.0584. The van der Waals surface area contributed by atoms with E-state index in [1.807, 2.05) is 13.8 Å². The van der Waals surface area contributed by atoms with Gasteiger partial charge in [0.05, 0.1) is 12.1 Å². The fourth-order valence-corrected chi connectivity index (χ4v) is 2.35. The van der Waals surface area contributed by atoms with E-state index in [0.29, 0.717) is 17.6 Å². The van der Waals surface area contributed by atoms with Crippen molar-refractivity contribution in [3.8, 4) is 0 Å². The van der Waals surface area contributed by atoms with Crippen molar-refractivity contribution < 1.29 is 19.1 Å². The number of rotatable bonds is 7. The molecule has 0 aliphatic carbocycles. The molecule has 2 amide bonds. The number of nitrogen functional groups attached to an aromatic ring is 1. The van der Waals surface area contributed by atoms with Crippen LogP contribution in [0.1, 0.15) is 24.2 Å². The molecule has 0 heterocycles. The molecular formula is C16H22BrN3O4. The van der Waals surface area contributed by atoms with Gasteiger partial charge < -0.3 is 20.3 Å². The molecule has 1 aromatic carbocycles. The van der Waals surface area contributed by atoms with Crippen molar-refractivity contribution in [1.29, 1.82) is 0 Å². The van der Waals surface area contributed by atoms with Gasteiger partial charge in [-0.3, -0.25) is 9.59 Å². The highest BCUT2D eigenvalue weighted by molar-refractivity contribution is 9.10. The molecule has 1 aromatic rings. The fourth-order valence-electron chi connectivity index (χ4n) is 1.99. The minimum Gasteiger partial charge on any atom is -0.452 e. The molecule has 0 spiro atoms. The van der Waals surface area contributed by atoms with Gasteiger partial charge in [-0.1, -0.05) is 15.9 Å². The van der Waals surface area contributed by atoms with Crippen LogP contribution in [0.25, 0.3) is 0 Å². The summed E-state index contributed by atoms with van der Waals surface area (Å²) < 4.78 is 5.66. The molecule has 1 rings (SSSR count). The number of carbonyl (C=O) groups is 3. The number of esters is 1. The zero-order chi connectivity index (χ0) is 18.3. The Kier molecular flexibility index (Phi) is 7.70. The summed E-state index contributed by atoms with van der Waals surface area (Å²) in [6, 6.07) is 4.79. The number of benzene rings is 1. The van der Waals surface area contributed by atoms with Crippen molar-refractivity contribution in [3.05, 3.63) is 28.2 Å². The second-order valence-corrected chi connectivity index (χ2v) is 6.04. The first-order chi connectivity index (χ1) is 11.3. The molecular weight excluding hydrogens is 378 g/mol. The highest BCUT2D eigenvalue weighted by Gasteiger charge is 2.19. The van der Waals surface area contributed by atoms with E-state index in [-0.39, 0.29) is 23.7 Å². The number of likely N-dealkylation sites (N-methyl/N-ethyl adjacent to an activating group) is 2. The molecule has 0 saturated carbocycles. The van der Waals surface area contributed by atoms with Crippen LogP contribution in [0, 0.1) is 0 Å². The number of ether oxygens (including phenoxy) is 1. The number of carbonyl (C=O) groups excluding carboxylic acids is 3. The van der Waals surface area contributed by atoms with Gasteiger partial charge in [0.1, 0.15) is 0 Å². The van der Waals surface area contributed by atoms with Gasteiger partial charge >= 0.3 is 5.97 Å². The van der Waals surface area contributed by atoms with Gasteiger partial charge in [0, 0.05) is 30.3 Å². The van der Waals surface area contributed by atoms with Crippen LogP contribution < -0.4 is 5.73 Å². The number of anilines is 1. The quantitative estimate of drug-likeness (QED) is 0.553. The Hall–Kier alpha value is -2.09. The zero-order valence-corrected chi connectivity index (χ0v) is 15.6. The Labute approximate surface area is 149 Å². The topological polar surface area (TPSA) is 92.9 Å². The number of nitrogens with two attached hydrogens (primary N) is 1. The standard InChI is InChI=1S/C16H22BrN3O4/c1-4-20(5-2)14(21)9-19(3)15(22)10-24-16(23)12-8-11(17)6-7-13(12)18/h6-8H,4-5,9-10,18H2,1-3H3. The van der Waals surface area contributed by atoms with Gasteiger partial charge in [-0.25, -0.2) is 4.79 Å². The Balaban J connectivity index is 2.57. The normalized spacial score (nSPS) is 10.2. The Bertz CT molecular complexity index is 617. The van der Waals surface area contributed by atoms with E-state index in [2.05, 4.69) is 15.9 Å². The second kappa shape index (κ2) is 9.27. The first kappa shape index (κ1) is 20.0. The molecule has 0 bridgehead atoms. The smallest absolute Gasteiger partial charge is 0.340 e. The van der Waals surface area contributed by atoms with Gasteiger partial charge in [-0.05, 0) is 32.0 Å². The molecule has 8 heteroatoms. The van der Waals surface area contributed by atoms with Gasteiger partial charge in [0.2, 0.25) is 5.91 Å². The molecule has 2 N–H and O–H groups in total. The third kappa shape index (κ3) is 5.52. The Morgan fingerprint density at radius 2 is 1.79 bits per heavy atom. The number of nitrogens with zero attached hydrogens (tertiary/aromatic N) is 2. The van der Waals surface area contributed by atoms with Crippen molar-refractivity contribution in [2.75, 3.05) is 39.0 Å². The first-order valence-electron chi connectivity index (χ1n) is 7.54. The number of hydrogen-bond acceptors (Lipinski definition) is 5. The lowest BCUT2D eigenvalue weighted by Gasteiger charge is -2.23. The highest BCUT2D eigenvalue weighted by atomic mass is 79.9. The third-order valence-electron chi connectivity index (χ3n) is 3.48. The van der Waals surface area contributed by atoms with E-state index in [9.17, 15) is 14.4 Å². The summed E-state index contributed by atoms with van der Waals surface area (Å²) in [6.45, 7) is 4.38. The first-order valence-corrected chi connectivity index (χ1v) is 8.33. The van der Waals surface area contributed by atoms with Crippen LogP contribution in [0.3, 0.4) is 0 Å². The van der Waals surface area contributed by atoms with E-state index >= 15 is 0 Å². The molecule has 24 heavy (non-hydrogen) atoms. The number of halogens is 1. The Morgan fingerprint density at radius 1 is 1.17 bits per heavy atom. The molecule has 0 aliphatic rings. The van der Waals surface area contributed by atoms with Gasteiger partial charge in [-0.2, -0.15) is 0 Å². The minimum atomic E-state index is -0.689. The van der Waals surface area contributed by atoms with Crippen LogP contribution in [-0.2, 0) is 14.3 Å². The summed E-state index contributed by atoms with van der Waals surface area (Å²) in [4.78, 5) is 38.8. The summed E-state index contributed by atoms with van der Waals surface area (Å²) in [6.07, 6.45) is 0. The maximum absolute atomic E-state index is 12.0. The molecule has 0 unspecified atom stereocenters. The third-order valence-corrected chi connectivity index (χ3v) is 3.97. The van der Waals surface area contributed by atoms with Crippen LogP contribution in [0.15, 0.2) is 22.7 Å². The molecule has 0 aromatic heterocycles. The lowest BCUT2D eigenvalue weighted by atomic mass is 10.2. The number of hydrogen-bond donors (Lipinski definition) is 1. The predicted molar refractivity (Wildman–Crippen MR) is 94.4 cm³/mol. The highest BCUT2D eigenvalue weighted by Crippen LogP contribution is 2.19. The maximum atomic E-state index is 12.0. The molecule has 0 radical (unpaired) electrons. The van der Waals surface area contributed by atoms with E-state index in [0.717, 1.165) is 0 Å². The van der Waals surface area contributed by atoms with Crippen molar-refractivity contribution in [2.24, 2.45) is 0 Å². The summed E-state index contributed by atoms with van der Waals surface area (Å²) in [7, 11) is 1.49. The average molecular weight is 400 g/mol. The summed E-state index contributed by atoms with van der Waals surface area (Å²) in [5.74, 6) is -1.30. The van der Waals surface area contributed by atoms with E-state index in [1.165, 1.54) is 18.0 Å². The predicted octanol–water partition coefficient (Wildman–Crippen LogP) is 1.51. The molecule has 0 atom stereocenters. The lowest BCUT2D eigenvalue weighted by Crippen LogP contribution is -2.42. The maximum Gasteiger partial charge on any atom is 0.340 e. The summed E-state index contributed by atoms with van der Waals surface area (Å²) in [5.41, 5.74) is 6.16. The van der Waals surface area contributed by atoms with Crippen molar-refractivity contribution in [1.82, 2.24) is 9.80 Å². The SMILES string of the molecule is CCN(CC)C(=O)CN(C)C(=O)COC(=O)c1cc(Br)ccc1N. The zero-order valence-electron chi connectivity index (χ0n) is 14.0. The summed E-state index contributed by atoms with van der Waals surface area (Å²) >= 11 is 3.24. The van der Waals surface area contributed by atoms with Crippen molar-refractivity contribution >= 4 is 39.4 Å². The monoisotopic (exact) mass is 399 g/mol. The van der Waals surface area contributed by atoms with Crippen LogP contribution in [0.5, 0.6) is 0 Å². The van der Waals surface area contributed by atoms with Gasteiger partial charge in [-0.15, -0.1) is 0 Å². The second-order valence-electron chi connectivity index (χ2n) is 5.12. The molecule has 7 nitrogen and oxygen atoms in total. The van der Waals surface area contributed by atoms with Crippen molar-refractivity contribution in [3.63, 3.8) is 0 Å². The van der Waals surface area contributed by atoms with Crippen molar-refractivity contribution in [2.45, 2.75) is 13.8 Å². The fraction of sp³-hybridized carbons (Fsp3) is 0.438. The van der Waals surface area contributed by atoms with Crippen LogP contribution in [-0.4, -0.2) is 60.9 Å². The van der Waals surface area contributed by atoms with Crippen LogP contribution in [0.4, 0.5) is 5.69 Å². The van der Waals surface area contributed by atoms with Gasteiger partial charge in [0.25, 0.3) is 5.91 Å². The van der Waals surface area contributed by atoms with Crippen LogP contribution in [0.2, 0.25) is 0 Å². The summed E-state index contributed by atoms with van der Waals surface area (Å²) in [5, 5.41) is 0. The number of amides is 2.